The first-order valence-electron chi connectivity index (χ1n) is 6.96. The van der Waals surface area contributed by atoms with E-state index in [0.29, 0.717) is 6.54 Å². The molecule has 2 nitrogen and oxygen atoms in total. The first-order chi connectivity index (χ1) is 8.72. The Labute approximate surface area is 120 Å². The lowest BCUT2D eigenvalue weighted by atomic mass is 10.1. The summed E-state index contributed by atoms with van der Waals surface area (Å²) in [6.45, 7) is 7.36. The molecule has 0 radical (unpaired) electrons. The highest BCUT2D eigenvalue weighted by molar-refractivity contribution is 9.10. The predicted molar refractivity (Wildman–Crippen MR) is 84.1 cm³/mol. The monoisotopic (exact) mass is 312 g/mol. The summed E-state index contributed by atoms with van der Waals surface area (Å²) < 4.78 is 1.13. The second-order valence-corrected chi connectivity index (χ2v) is 5.53. The fourth-order valence-corrected chi connectivity index (χ4v) is 2.49. The van der Waals surface area contributed by atoms with Gasteiger partial charge in [0.25, 0.3) is 0 Å². The van der Waals surface area contributed by atoms with Crippen LogP contribution in [0.25, 0.3) is 0 Å². The average Bonchev–Trinajstić information content (AvgIpc) is 2.39. The summed E-state index contributed by atoms with van der Waals surface area (Å²) in [6, 6.07) is 6.52. The van der Waals surface area contributed by atoms with Crippen LogP contribution in [-0.2, 0) is 6.54 Å². The van der Waals surface area contributed by atoms with Gasteiger partial charge < -0.3 is 10.6 Å². The maximum Gasteiger partial charge on any atom is 0.0377 e. The molecule has 0 spiro atoms. The van der Waals surface area contributed by atoms with E-state index in [9.17, 15) is 0 Å². The second kappa shape index (κ2) is 8.54. The van der Waals surface area contributed by atoms with Crippen LogP contribution in [0, 0.1) is 0 Å². The molecule has 0 saturated heterocycles. The Kier molecular flexibility index (Phi) is 7.36. The van der Waals surface area contributed by atoms with Crippen molar-refractivity contribution in [2.45, 2.75) is 46.1 Å². The Morgan fingerprint density at radius 2 is 1.72 bits per heavy atom. The van der Waals surface area contributed by atoms with Crippen LogP contribution in [0.3, 0.4) is 0 Å². The van der Waals surface area contributed by atoms with Gasteiger partial charge in [-0.3, -0.25) is 0 Å². The third kappa shape index (κ3) is 4.62. The van der Waals surface area contributed by atoms with E-state index in [-0.39, 0.29) is 0 Å². The van der Waals surface area contributed by atoms with Gasteiger partial charge in [-0.15, -0.1) is 0 Å². The average molecular weight is 313 g/mol. The minimum absolute atomic E-state index is 0.588. The van der Waals surface area contributed by atoms with Crippen LogP contribution in [-0.4, -0.2) is 13.1 Å². The van der Waals surface area contributed by atoms with Crippen LogP contribution in [0.5, 0.6) is 0 Å². The Balaban J connectivity index is 2.79. The van der Waals surface area contributed by atoms with E-state index in [1.807, 2.05) is 0 Å². The number of halogens is 1. The summed E-state index contributed by atoms with van der Waals surface area (Å²) in [5.41, 5.74) is 8.17. The molecule has 0 aliphatic carbocycles. The maximum atomic E-state index is 5.69. The Morgan fingerprint density at radius 1 is 1.11 bits per heavy atom. The van der Waals surface area contributed by atoms with E-state index in [0.717, 1.165) is 17.6 Å². The van der Waals surface area contributed by atoms with Gasteiger partial charge in [-0.2, -0.15) is 0 Å². The van der Waals surface area contributed by atoms with Gasteiger partial charge in [-0.1, -0.05) is 48.7 Å². The second-order valence-electron chi connectivity index (χ2n) is 4.67. The number of benzene rings is 1. The molecule has 0 bridgehead atoms. The Morgan fingerprint density at radius 3 is 2.17 bits per heavy atom. The number of hydrogen-bond donors (Lipinski definition) is 1. The summed E-state index contributed by atoms with van der Waals surface area (Å²) in [6.07, 6.45) is 4.98. The lowest BCUT2D eigenvalue weighted by molar-refractivity contribution is 0.678. The summed E-state index contributed by atoms with van der Waals surface area (Å²) in [4.78, 5) is 2.48. The van der Waals surface area contributed by atoms with Crippen LogP contribution in [0.4, 0.5) is 5.69 Å². The van der Waals surface area contributed by atoms with Gasteiger partial charge in [-0.05, 0) is 30.5 Å². The molecule has 0 saturated carbocycles. The van der Waals surface area contributed by atoms with Crippen molar-refractivity contribution in [3.63, 3.8) is 0 Å². The van der Waals surface area contributed by atoms with Crippen LogP contribution in [0.2, 0.25) is 0 Å². The molecule has 1 aromatic carbocycles. The third-order valence-electron chi connectivity index (χ3n) is 3.18. The minimum atomic E-state index is 0.588. The highest BCUT2D eigenvalue weighted by Gasteiger charge is 2.07. The molecule has 0 atom stereocenters. The van der Waals surface area contributed by atoms with Gasteiger partial charge in [-0.25, -0.2) is 0 Å². The Bertz CT molecular complexity index is 344. The van der Waals surface area contributed by atoms with Gasteiger partial charge >= 0.3 is 0 Å². The van der Waals surface area contributed by atoms with Crippen LogP contribution in [0.1, 0.15) is 45.1 Å². The molecular weight excluding hydrogens is 288 g/mol. The highest BCUT2D eigenvalue weighted by Crippen LogP contribution is 2.24. The number of hydrogen-bond acceptors (Lipinski definition) is 2. The first-order valence-corrected chi connectivity index (χ1v) is 7.75. The number of nitrogens with two attached hydrogens (primary N) is 1. The zero-order valence-electron chi connectivity index (χ0n) is 11.6. The van der Waals surface area contributed by atoms with E-state index in [2.05, 4.69) is 52.9 Å². The molecule has 0 aliphatic heterocycles. The molecule has 0 aromatic heterocycles. The zero-order valence-corrected chi connectivity index (χ0v) is 13.2. The summed E-state index contributed by atoms with van der Waals surface area (Å²) in [7, 11) is 0. The lowest BCUT2D eigenvalue weighted by Crippen LogP contribution is -2.25. The van der Waals surface area contributed by atoms with E-state index in [1.165, 1.54) is 36.9 Å². The number of rotatable bonds is 8. The largest absolute Gasteiger partial charge is 0.372 e. The fourth-order valence-electron chi connectivity index (χ4n) is 1.97. The highest BCUT2D eigenvalue weighted by atomic mass is 79.9. The van der Waals surface area contributed by atoms with Crippen molar-refractivity contribution in [1.82, 2.24) is 0 Å². The van der Waals surface area contributed by atoms with Crippen LogP contribution < -0.4 is 10.6 Å². The van der Waals surface area contributed by atoms with E-state index >= 15 is 0 Å². The van der Waals surface area contributed by atoms with Crippen molar-refractivity contribution in [2.24, 2.45) is 5.73 Å². The standard InChI is InChI=1S/C15H25BrN2/c1-3-5-9-18(10-6-4-2)14-8-7-13(12-17)15(16)11-14/h7-8,11H,3-6,9-10,12,17H2,1-2H3. The zero-order chi connectivity index (χ0) is 13.4. The van der Waals surface area contributed by atoms with Crippen molar-refractivity contribution < 1.29 is 0 Å². The van der Waals surface area contributed by atoms with E-state index < -0.39 is 0 Å². The minimum Gasteiger partial charge on any atom is -0.372 e. The van der Waals surface area contributed by atoms with Crippen molar-refractivity contribution in [3.05, 3.63) is 28.2 Å². The van der Waals surface area contributed by atoms with Crippen LogP contribution in [0.15, 0.2) is 22.7 Å². The van der Waals surface area contributed by atoms with Gasteiger partial charge in [0.15, 0.2) is 0 Å². The molecule has 2 N–H and O–H groups in total. The molecule has 0 aliphatic rings. The normalized spacial score (nSPS) is 10.7. The fraction of sp³-hybridized carbons (Fsp3) is 0.600. The molecule has 3 heteroatoms. The van der Waals surface area contributed by atoms with Gasteiger partial charge in [0, 0.05) is 29.8 Å². The molecule has 102 valence electrons. The molecule has 18 heavy (non-hydrogen) atoms. The number of anilines is 1. The van der Waals surface area contributed by atoms with Crippen molar-refractivity contribution >= 4 is 21.6 Å². The molecule has 0 unspecified atom stereocenters. The lowest BCUT2D eigenvalue weighted by Gasteiger charge is -2.25. The smallest absolute Gasteiger partial charge is 0.0377 e. The maximum absolute atomic E-state index is 5.69. The molecular formula is C15H25BrN2. The van der Waals surface area contributed by atoms with Gasteiger partial charge in [0.05, 0.1) is 0 Å². The summed E-state index contributed by atoms with van der Waals surface area (Å²) in [5.74, 6) is 0. The molecule has 0 fully saturated rings. The summed E-state index contributed by atoms with van der Waals surface area (Å²) >= 11 is 3.61. The van der Waals surface area contributed by atoms with E-state index in [4.69, 9.17) is 5.73 Å². The number of nitrogens with zero attached hydrogens (tertiary/aromatic N) is 1. The first kappa shape index (κ1) is 15.5. The van der Waals surface area contributed by atoms with Crippen molar-refractivity contribution in [3.8, 4) is 0 Å². The molecule has 0 amide bonds. The van der Waals surface area contributed by atoms with Gasteiger partial charge in [0.2, 0.25) is 0 Å². The predicted octanol–water partition coefficient (Wildman–Crippen LogP) is 4.31. The van der Waals surface area contributed by atoms with E-state index in [1.54, 1.807) is 0 Å². The number of unbranched alkanes of at least 4 members (excludes halogenated alkanes) is 2. The molecule has 0 heterocycles. The van der Waals surface area contributed by atoms with Crippen molar-refractivity contribution in [2.75, 3.05) is 18.0 Å². The van der Waals surface area contributed by atoms with Crippen molar-refractivity contribution in [1.29, 1.82) is 0 Å². The molecule has 1 rings (SSSR count). The summed E-state index contributed by atoms with van der Waals surface area (Å²) in [5, 5.41) is 0. The van der Waals surface area contributed by atoms with Crippen LogP contribution >= 0.6 is 15.9 Å². The quantitative estimate of drug-likeness (QED) is 0.774. The van der Waals surface area contributed by atoms with Gasteiger partial charge in [0.1, 0.15) is 0 Å². The Hall–Kier alpha value is -0.540. The third-order valence-corrected chi connectivity index (χ3v) is 3.92. The SMILES string of the molecule is CCCCN(CCCC)c1ccc(CN)c(Br)c1. The topological polar surface area (TPSA) is 29.3 Å². The molecule has 1 aromatic rings.